The first-order valence-electron chi connectivity index (χ1n) is 5.39. The number of rotatable bonds is 2. The van der Waals surface area contributed by atoms with Gasteiger partial charge in [0.1, 0.15) is 6.04 Å². The molecule has 0 aromatic rings. The van der Waals surface area contributed by atoms with Crippen molar-refractivity contribution in [3.05, 3.63) is 0 Å². The SMILES string of the molecule is CC1CC1NC(=O)N1CCC[C@H]1C(=O)O. The Hall–Kier alpha value is -1.26. The van der Waals surface area contributed by atoms with E-state index in [-0.39, 0.29) is 12.1 Å². The normalized spacial score (nSPS) is 33.9. The number of carbonyl (C=O) groups is 2. The van der Waals surface area contributed by atoms with E-state index >= 15 is 0 Å². The Morgan fingerprint density at radius 1 is 1.47 bits per heavy atom. The summed E-state index contributed by atoms with van der Waals surface area (Å²) in [7, 11) is 0. The van der Waals surface area contributed by atoms with Gasteiger partial charge in [0, 0.05) is 12.6 Å². The molecule has 1 saturated carbocycles. The van der Waals surface area contributed by atoms with Crippen LogP contribution in [0.1, 0.15) is 26.2 Å². The van der Waals surface area contributed by atoms with Gasteiger partial charge in [-0.15, -0.1) is 0 Å². The third-order valence-corrected chi connectivity index (χ3v) is 3.22. The van der Waals surface area contributed by atoms with Crippen molar-refractivity contribution in [1.82, 2.24) is 10.2 Å². The number of likely N-dealkylation sites (tertiary alicyclic amines) is 1. The predicted molar refractivity (Wildman–Crippen MR) is 53.5 cm³/mol. The summed E-state index contributed by atoms with van der Waals surface area (Å²) in [5, 5.41) is 11.8. The Bertz CT molecular complexity index is 292. The second kappa shape index (κ2) is 3.72. The topological polar surface area (TPSA) is 69.6 Å². The third-order valence-electron chi connectivity index (χ3n) is 3.22. The van der Waals surface area contributed by atoms with E-state index in [2.05, 4.69) is 12.2 Å². The van der Waals surface area contributed by atoms with Crippen LogP contribution in [0.25, 0.3) is 0 Å². The summed E-state index contributed by atoms with van der Waals surface area (Å²) in [5.41, 5.74) is 0. The number of hydrogen-bond acceptors (Lipinski definition) is 2. The first-order chi connectivity index (χ1) is 7.09. The molecule has 5 nitrogen and oxygen atoms in total. The van der Waals surface area contributed by atoms with Crippen molar-refractivity contribution >= 4 is 12.0 Å². The van der Waals surface area contributed by atoms with Crippen molar-refractivity contribution < 1.29 is 14.7 Å². The van der Waals surface area contributed by atoms with Gasteiger partial charge < -0.3 is 15.3 Å². The van der Waals surface area contributed by atoms with Gasteiger partial charge in [-0.05, 0) is 25.2 Å². The van der Waals surface area contributed by atoms with Crippen LogP contribution >= 0.6 is 0 Å². The van der Waals surface area contributed by atoms with Gasteiger partial charge in [0.2, 0.25) is 0 Å². The summed E-state index contributed by atoms with van der Waals surface area (Å²) >= 11 is 0. The summed E-state index contributed by atoms with van der Waals surface area (Å²) in [4.78, 5) is 24.0. The van der Waals surface area contributed by atoms with Crippen LogP contribution in [0.15, 0.2) is 0 Å². The van der Waals surface area contributed by atoms with Crippen molar-refractivity contribution in [3.63, 3.8) is 0 Å². The lowest BCUT2D eigenvalue weighted by atomic mass is 10.2. The van der Waals surface area contributed by atoms with Crippen LogP contribution in [-0.4, -0.2) is 40.6 Å². The molecule has 3 atom stereocenters. The van der Waals surface area contributed by atoms with Gasteiger partial charge in [0.05, 0.1) is 0 Å². The minimum absolute atomic E-state index is 0.214. The number of carboxylic acid groups (broad SMARTS) is 1. The average Bonchev–Trinajstić information content (AvgIpc) is 2.71. The van der Waals surface area contributed by atoms with E-state index in [0.29, 0.717) is 18.9 Å². The summed E-state index contributed by atoms with van der Waals surface area (Å²) < 4.78 is 0. The molecule has 84 valence electrons. The van der Waals surface area contributed by atoms with Crippen LogP contribution in [0.2, 0.25) is 0 Å². The van der Waals surface area contributed by atoms with Gasteiger partial charge in [-0.25, -0.2) is 9.59 Å². The van der Waals surface area contributed by atoms with Gasteiger partial charge in [-0.3, -0.25) is 0 Å². The molecule has 2 fully saturated rings. The Balaban J connectivity index is 1.91. The first kappa shape index (κ1) is 10.3. The molecule has 1 aliphatic heterocycles. The van der Waals surface area contributed by atoms with Gasteiger partial charge in [0.25, 0.3) is 0 Å². The highest BCUT2D eigenvalue weighted by Crippen LogP contribution is 2.29. The molecule has 0 radical (unpaired) electrons. The molecular weight excluding hydrogens is 196 g/mol. The zero-order valence-corrected chi connectivity index (χ0v) is 8.77. The fourth-order valence-corrected chi connectivity index (χ4v) is 2.03. The minimum atomic E-state index is -0.897. The van der Waals surface area contributed by atoms with E-state index in [1.807, 2.05) is 0 Å². The molecule has 2 aliphatic rings. The Labute approximate surface area is 88.4 Å². The van der Waals surface area contributed by atoms with Crippen LogP contribution < -0.4 is 5.32 Å². The number of nitrogens with zero attached hydrogens (tertiary/aromatic N) is 1. The number of urea groups is 1. The Morgan fingerprint density at radius 2 is 2.13 bits per heavy atom. The Kier molecular flexibility index (Phi) is 2.54. The maximum absolute atomic E-state index is 11.7. The lowest BCUT2D eigenvalue weighted by molar-refractivity contribution is -0.141. The summed E-state index contributed by atoms with van der Waals surface area (Å²) in [6.45, 7) is 2.63. The molecule has 2 unspecified atom stereocenters. The summed E-state index contributed by atoms with van der Waals surface area (Å²) in [6, 6.07) is -0.583. The van der Waals surface area contributed by atoms with E-state index in [9.17, 15) is 9.59 Å². The molecule has 0 bridgehead atoms. The smallest absolute Gasteiger partial charge is 0.326 e. The highest BCUT2D eigenvalue weighted by molar-refractivity contribution is 5.83. The van der Waals surface area contributed by atoms with Gasteiger partial charge >= 0.3 is 12.0 Å². The minimum Gasteiger partial charge on any atom is -0.480 e. The fraction of sp³-hybridized carbons (Fsp3) is 0.800. The second-order valence-electron chi connectivity index (χ2n) is 4.46. The zero-order valence-electron chi connectivity index (χ0n) is 8.77. The van der Waals surface area contributed by atoms with Gasteiger partial charge in [-0.2, -0.15) is 0 Å². The molecule has 1 aliphatic carbocycles. The van der Waals surface area contributed by atoms with Gasteiger partial charge in [-0.1, -0.05) is 6.92 Å². The van der Waals surface area contributed by atoms with Crippen LogP contribution in [-0.2, 0) is 4.79 Å². The predicted octanol–water partition coefficient (Wildman–Crippen LogP) is 0.653. The maximum atomic E-state index is 11.7. The lowest BCUT2D eigenvalue weighted by Crippen LogP contribution is -2.46. The monoisotopic (exact) mass is 212 g/mol. The molecule has 0 aromatic heterocycles. The van der Waals surface area contributed by atoms with Crippen molar-refractivity contribution in [3.8, 4) is 0 Å². The second-order valence-corrected chi connectivity index (χ2v) is 4.46. The number of carbonyl (C=O) groups excluding carboxylic acids is 1. The highest BCUT2D eigenvalue weighted by Gasteiger charge is 2.39. The molecular formula is C10H16N2O3. The van der Waals surface area contributed by atoms with Crippen LogP contribution in [0.3, 0.4) is 0 Å². The Morgan fingerprint density at radius 3 is 2.67 bits per heavy atom. The van der Waals surface area contributed by atoms with E-state index in [1.54, 1.807) is 0 Å². The van der Waals surface area contributed by atoms with Gasteiger partial charge in [0.15, 0.2) is 0 Å². The van der Waals surface area contributed by atoms with E-state index in [0.717, 1.165) is 12.8 Å². The number of carboxylic acids is 1. The lowest BCUT2D eigenvalue weighted by Gasteiger charge is -2.21. The quantitative estimate of drug-likeness (QED) is 0.706. The average molecular weight is 212 g/mol. The largest absolute Gasteiger partial charge is 0.480 e. The van der Waals surface area contributed by atoms with E-state index < -0.39 is 12.0 Å². The first-order valence-corrected chi connectivity index (χ1v) is 5.39. The van der Waals surface area contributed by atoms with Crippen molar-refractivity contribution in [2.24, 2.45) is 5.92 Å². The highest BCUT2D eigenvalue weighted by atomic mass is 16.4. The fourth-order valence-electron chi connectivity index (χ4n) is 2.03. The molecule has 0 aromatic carbocycles. The van der Waals surface area contributed by atoms with Crippen molar-refractivity contribution in [2.75, 3.05) is 6.54 Å². The zero-order chi connectivity index (χ0) is 11.0. The molecule has 2 amide bonds. The van der Waals surface area contributed by atoms with Crippen LogP contribution in [0.4, 0.5) is 4.79 Å². The maximum Gasteiger partial charge on any atom is 0.326 e. The molecule has 1 heterocycles. The standard InChI is InChI=1S/C10H16N2O3/c1-6-5-7(6)11-10(15)12-4-2-3-8(12)9(13)14/h6-8H,2-5H2,1H3,(H,11,15)(H,13,14)/t6?,7?,8-/m0/s1. The number of aliphatic carboxylic acids is 1. The molecule has 2 rings (SSSR count). The van der Waals surface area contributed by atoms with E-state index in [4.69, 9.17) is 5.11 Å². The molecule has 0 spiro atoms. The molecule has 15 heavy (non-hydrogen) atoms. The van der Waals surface area contributed by atoms with Crippen LogP contribution in [0, 0.1) is 5.92 Å². The third kappa shape index (κ3) is 2.06. The van der Waals surface area contributed by atoms with Crippen molar-refractivity contribution in [1.29, 1.82) is 0 Å². The summed E-state index contributed by atoms with van der Waals surface area (Å²) in [5.74, 6) is -0.355. The molecule has 1 saturated heterocycles. The number of hydrogen-bond donors (Lipinski definition) is 2. The van der Waals surface area contributed by atoms with E-state index in [1.165, 1.54) is 4.90 Å². The molecule has 2 N–H and O–H groups in total. The number of nitrogens with one attached hydrogen (secondary N) is 1. The summed E-state index contributed by atoms with van der Waals surface area (Å²) in [6.07, 6.45) is 2.37. The van der Waals surface area contributed by atoms with Crippen LogP contribution in [0.5, 0.6) is 0 Å². The van der Waals surface area contributed by atoms with Crippen molar-refractivity contribution in [2.45, 2.75) is 38.3 Å². The molecule has 5 heteroatoms. The number of amides is 2.